The number of nitrogens with two attached hydrogens (primary N) is 2. The Bertz CT molecular complexity index is 464. The van der Waals surface area contributed by atoms with Crippen LogP contribution in [-0.2, 0) is 4.79 Å². The normalized spacial score (nSPS) is 23.2. The van der Waals surface area contributed by atoms with Gasteiger partial charge in [-0.1, -0.05) is 29.8 Å². The molecule has 0 radical (unpaired) electrons. The Kier molecular flexibility index (Phi) is 4.45. The smallest absolute Gasteiger partial charge is 0.234 e. The van der Waals surface area contributed by atoms with Gasteiger partial charge in [-0.25, -0.2) is 0 Å². The van der Waals surface area contributed by atoms with E-state index in [1.165, 1.54) is 0 Å². The number of halogens is 1. The van der Waals surface area contributed by atoms with E-state index in [4.69, 9.17) is 23.1 Å². The second-order valence-electron chi connectivity index (χ2n) is 5.12. The molecule has 1 fully saturated rings. The lowest BCUT2D eigenvalue weighted by atomic mass is 9.98. The summed E-state index contributed by atoms with van der Waals surface area (Å²) in [7, 11) is 0. The lowest BCUT2D eigenvalue weighted by Crippen LogP contribution is -2.47. The molecule has 1 aliphatic heterocycles. The van der Waals surface area contributed by atoms with Crippen LogP contribution < -0.4 is 11.5 Å². The van der Waals surface area contributed by atoms with Gasteiger partial charge < -0.3 is 11.5 Å². The number of hydrogen-bond acceptors (Lipinski definition) is 3. The van der Waals surface area contributed by atoms with Gasteiger partial charge in [0.15, 0.2) is 0 Å². The summed E-state index contributed by atoms with van der Waals surface area (Å²) < 4.78 is 0. The van der Waals surface area contributed by atoms with E-state index in [1.807, 2.05) is 31.2 Å². The van der Waals surface area contributed by atoms with Crippen molar-refractivity contribution in [1.82, 2.24) is 4.90 Å². The molecule has 1 aromatic rings. The molecule has 4 nitrogen and oxygen atoms in total. The van der Waals surface area contributed by atoms with Crippen molar-refractivity contribution in [2.75, 3.05) is 6.54 Å². The summed E-state index contributed by atoms with van der Waals surface area (Å²) in [4.78, 5) is 13.7. The summed E-state index contributed by atoms with van der Waals surface area (Å²) in [5.41, 5.74) is 12.6. The Labute approximate surface area is 118 Å². The average Bonchev–Trinajstić information content (AvgIpc) is 2.80. The minimum absolute atomic E-state index is 0.0753. The van der Waals surface area contributed by atoms with Crippen molar-refractivity contribution < 1.29 is 4.79 Å². The third-order valence-electron chi connectivity index (χ3n) is 3.70. The first kappa shape index (κ1) is 14.3. The summed E-state index contributed by atoms with van der Waals surface area (Å²) in [6.07, 6.45) is 1.75. The summed E-state index contributed by atoms with van der Waals surface area (Å²) in [6, 6.07) is 7.20. The van der Waals surface area contributed by atoms with E-state index in [0.717, 1.165) is 24.9 Å². The third kappa shape index (κ3) is 2.91. The molecular weight excluding hydrogens is 262 g/mol. The zero-order valence-electron chi connectivity index (χ0n) is 11.1. The van der Waals surface area contributed by atoms with E-state index in [-0.39, 0.29) is 24.0 Å². The Morgan fingerprint density at radius 2 is 2.16 bits per heavy atom. The van der Waals surface area contributed by atoms with Gasteiger partial charge in [-0.3, -0.25) is 9.69 Å². The number of primary amides is 1. The SMILES string of the molecule is CC(N)C(c1ccccc1Cl)N1CCCC1C(N)=O. The average molecular weight is 282 g/mol. The van der Waals surface area contributed by atoms with Gasteiger partial charge in [0.05, 0.1) is 12.1 Å². The van der Waals surface area contributed by atoms with Crippen LogP contribution in [0, 0.1) is 0 Å². The number of amides is 1. The second-order valence-corrected chi connectivity index (χ2v) is 5.53. The van der Waals surface area contributed by atoms with Crippen LogP contribution in [0.15, 0.2) is 24.3 Å². The van der Waals surface area contributed by atoms with Gasteiger partial charge in [0.1, 0.15) is 0 Å². The molecule has 0 saturated carbocycles. The third-order valence-corrected chi connectivity index (χ3v) is 4.05. The Balaban J connectivity index is 2.36. The molecule has 0 aromatic heterocycles. The molecule has 1 heterocycles. The van der Waals surface area contributed by atoms with Gasteiger partial charge in [0.2, 0.25) is 5.91 Å². The van der Waals surface area contributed by atoms with E-state index in [2.05, 4.69) is 4.90 Å². The number of carbonyl (C=O) groups is 1. The number of nitrogens with zero attached hydrogens (tertiary/aromatic N) is 1. The molecule has 1 aliphatic rings. The number of carbonyl (C=O) groups excluding carboxylic acids is 1. The van der Waals surface area contributed by atoms with Gasteiger partial charge in [-0.2, -0.15) is 0 Å². The fourth-order valence-corrected chi connectivity index (χ4v) is 3.15. The van der Waals surface area contributed by atoms with Gasteiger partial charge in [0.25, 0.3) is 0 Å². The summed E-state index contributed by atoms with van der Waals surface area (Å²) in [5.74, 6) is -0.282. The quantitative estimate of drug-likeness (QED) is 0.882. The van der Waals surface area contributed by atoms with E-state index < -0.39 is 0 Å². The fourth-order valence-electron chi connectivity index (χ4n) is 2.91. The monoisotopic (exact) mass is 281 g/mol. The van der Waals surface area contributed by atoms with Crippen LogP contribution in [0.1, 0.15) is 31.4 Å². The lowest BCUT2D eigenvalue weighted by Gasteiger charge is -2.35. The molecule has 2 rings (SSSR count). The predicted molar refractivity (Wildman–Crippen MR) is 76.8 cm³/mol. The van der Waals surface area contributed by atoms with Gasteiger partial charge in [-0.05, 0) is 37.9 Å². The molecule has 0 bridgehead atoms. The molecule has 5 heteroatoms. The Morgan fingerprint density at radius 3 is 2.74 bits per heavy atom. The Hall–Kier alpha value is -1.10. The fraction of sp³-hybridized carbons (Fsp3) is 0.500. The van der Waals surface area contributed by atoms with E-state index in [0.29, 0.717) is 5.02 Å². The molecule has 1 amide bonds. The van der Waals surface area contributed by atoms with Crippen LogP contribution in [0.5, 0.6) is 0 Å². The highest BCUT2D eigenvalue weighted by Gasteiger charge is 2.37. The first-order valence-corrected chi connectivity index (χ1v) is 6.95. The molecule has 3 atom stereocenters. The number of benzene rings is 1. The first-order valence-electron chi connectivity index (χ1n) is 6.57. The van der Waals surface area contributed by atoms with Crippen molar-refractivity contribution in [2.45, 2.75) is 37.9 Å². The highest BCUT2D eigenvalue weighted by Crippen LogP contribution is 2.34. The topological polar surface area (TPSA) is 72.3 Å². The van der Waals surface area contributed by atoms with Crippen LogP contribution in [0.25, 0.3) is 0 Å². The van der Waals surface area contributed by atoms with E-state index >= 15 is 0 Å². The van der Waals surface area contributed by atoms with Crippen molar-refractivity contribution in [2.24, 2.45) is 11.5 Å². The molecule has 104 valence electrons. The molecule has 3 unspecified atom stereocenters. The zero-order chi connectivity index (χ0) is 14.0. The van der Waals surface area contributed by atoms with Gasteiger partial charge in [0, 0.05) is 11.1 Å². The van der Waals surface area contributed by atoms with Crippen molar-refractivity contribution in [1.29, 1.82) is 0 Å². The molecular formula is C14H20ClN3O. The number of hydrogen-bond donors (Lipinski definition) is 2. The molecule has 0 aliphatic carbocycles. The van der Waals surface area contributed by atoms with Gasteiger partial charge in [-0.15, -0.1) is 0 Å². The zero-order valence-corrected chi connectivity index (χ0v) is 11.8. The highest BCUT2D eigenvalue weighted by molar-refractivity contribution is 6.31. The summed E-state index contributed by atoms with van der Waals surface area (Å²) in [6.45, 7) is 2.76. The van der Waals surface area contributed by atoms with Crippen LogP contribution in [0.2, 0.25) is 5.02 Å². The maximum Gasteiger partial charge on any atom is 0.234 e. The highest BCUT2D eigenvalue weighted by atomic mass is 35.5. The van der Waals surface area contributed by atoms with Crippen molar-refractivity contribution in [3.05, 3.63) is 34.9 Å². The lowest BCUT2D eigenvalue weighted by molar-refractivity contribution is -0.123. The van der Waals surface area contributed by atoms with Crippen molar-refractivity contribution in [3.63, 3.8) is 0 Å². The van der Waals surface area contributed by atoms with Crippen LogP contribution in [0.3, 0.4) is 0 Å². The number of likely N-dealkylation sites (tertiary alicyclic amines) is 1. The minimum atomic E-state index is -0.282. The minimum Gasteiger partial charge on any atom is -0.368 e. The van der Waals surface area contributed by atoms with Crippen molar-refractivity contribution >= 4 is 17.5 Å². The molecule has 1 aromatic carbocycles. The van der Waals surface area contributed by atoms with E-state index in [1.54, 1.807) is 0 Å². The van der Waals surface area contributed by atoms with E-state index in [9.17, 15) is 4.79 Å². The van der Waals surface area contributed by atoms with Crippen molar-refractivity contribution in [3.8, 4) is 0 Å². The summed E-state index contributed by atoms with van der Waals surface area (Å²) >= 11 is 6.27. The van der Waals surface area contributed by atoms with Gasteiger partial charge >= 0.3 is 0 Å². The Morgan fingerprint density at radius 1 is 1.47 bits per heavy atom. The maximum absolute atomic E-state index is 11.6. The van der Waals surface area contributed by atoms with Crippen LogP contribution in [-0.4, -0.2) is 29.4 Å². The maximum atomic E-state index is 11.6. The molecule has 1 saturated heterocycles. The largest absolute Gasteiger partial charge is 0.368 e. The number of rotatable bonds is 4. The molecule has 4 N–H and O–H groups in total. The molecule has 0 spiro atoms. The van der Waals surface area contributed by atoms with Crippen LogP contribution in [0.4, 0.5) is 0 Å². The molecule has 19 heavy (non-hydrogen) atoms. The summed E-state index contributed by atoms with van der Waals surface area (Å²) in [5, 5.41) is 0.680. The van der Waals surface area contributed by atoms with Crippen LogP contribution >= 0.6 is 11.6 Å². The predicted octanol–water partition coefficient (Wildman–Crippen LogP) is 1.68. The second kappa shape index (κ2) is 5.90. The standard InChI is InChI=1S/C14H20ClN3O/c1-9(16)13(10-5-2-3-6-11(10)15)18-8-4-7-12(18)14(17)19/h2-3,5-6,9,12-13H,4,7-8,16H2,1H3,(H2,17,19). The first-order chi connectivity index (χ1) is 9.02.